The number of ether oxygens (including phenoxy) is 3. The van der Waals surface area contributed by atoms with Crippen LogP contribution in [0.4, 0.5) is 0 Å². The SMILES string of the molecule is COCCOCCC(C/C=C/CB1OC(C)(C)C(C)(C)O1)(N=C(c1ccccc1)c1ccccc1)C(=O)OC(C)(C)C. The zero-order valence-electron chi connectivity index (χ0n) is 26.6. The van der Waals surface area contributed by atoms with Gasteiger partial charge in [-0.15, -0.1) is 0 Å². The summed E-state index contributed by atoms with van der Waals surface area (Å²) in [6.07, 6.45) is 5.19. The zero-order valence-corrected chi connectivity index (χ0v) is 26.6. The molecule has 1 aliphatic heterocycles. The van der Waals surface area contributed by atoms with E-state index in [-0.39, 0.29) is 7.12 Å². The fraction of sp³-hybridized carbons (Fsp3) is 0.529. The zero-order chi connectivity index (χ0) is 30.9. The molecule has 8 heteroatoms. The summed E-state index contributed by atoms with van der Waals surface area (Å²) in [4.78, 5) is 19.4. The van der Waals surface area contributed by atoms with Gasteiger partial charge >= 0.3 is 13.1 Å². The topological polar surface area (TPSA) is 75.6 Å². The lowest BCUT2D eigenvalue weighted by atomic mass is 9.83. The maximum Gasteiger partial charge on any atom is 0.461 e. The van der Waals surface area contributed by atoms with E-state index in [4.69, 9.17) is 28.5 Å². The first kappa shape index (κ1) is 33.7. The number of benzene rings is 2. The second kappa shape index (κ2) is 14.6. The van der Waals surface area contributed by atoms with Gasteiger partial charge < -0.3 is 23.5 Å². The standard InChI is InChI=1S/C34H48BNO6/c1-31(2,3)40-30(37)34(22-24-39-26-25-38-8,21-15-16-23-35-41-32(4,5)33(6,7)42-35)36-29(27-17-11-9-12-18-27)28-19-13-10-14-20-28/h9-20H,21-26H2,1-8H3/b16-15+. The normalized spacial score (nSPS) is 17.7. The Balaban J connectivity index is 2.03. The first-order valence-corrected chi connectivity index (χ1v) is 14.8. The van der Waals surface area contributed by atoms with Gasteiger partial charge in [0, 0.05) is 44.0 Å². The second-order valence-electron chi connectivity index (χ2n) is 12.7. The number of carbonyl (C=O) groups is 1. The number of aliphatic imine (C=N–C) groups is 1. The molecule has 1 unspecified atom stereocenters. The van der Waals surface area contributed by atoms with Crippen LogP contribution in [0, 0.1) is 0 Å². The van der Waals surface area contributed by atoms with Gasteiger partial charge in [0.1, 0.15) is 5.60 Å². The molecule has 1 atom stereocenters. The van der Waals surface area contributed by atoms with Crippen molar-refractivity contribution in [2.45, 2.75) is 90.0 Å². The first-order chi connectivity index (χ1) is 19.8. The molecule has 0 aliphatic carbocycles. The summed E-state index contributed by atoms with van der Waals surface area (Å²) >= 11 is 0. The maximum atomic E-state index is 14.1. The van der Waals surface area contributed by atoms with Gasteiger partial charge in [0.15, 0.2) is 5.54 Å². The van der Waals surface area contributed by atoms with Crippen LogP contribution in [-0.2, 0) is 28.3 Å². The number of methoxy groups -OCH3 is 1. The van der Waals surface area contributed by atoms with Gasteiger partial charge in [0.05, 0.1) is 30.1 Å². The van der Waals surface area contributed by atoms with E-state index >= 15 is 0 Å². The number of carbonyl (C=O) groups excluding carboxylic acids is 1. The number of esters is 1. The third-order valence-corrected chi connectivity index (χ3v) is 7.54. The average molecular weight is 578 g/mol. The monoisotopic (exact) mass is 577 g/mol. The molecule has 1 heterocycles. The van der Waals surface area contributed by atoms with Crippen molar-refractivity contribution in [3.8, 4) is 0 Å². The minimum atomic E-state index is -1.24. The van der Waals surface area contributed by atoms with Gasteiger partial charge in [-0.05, 0) is 48.5 Å². The van der Waals surface area contributed by atoms with Crippen molar-refractivity contribution in [2.24, 2.45) is 4.99 Å². The molecule has 42 heavy (non-hydrogen) atoms. The fourth-order valence-corrected chi connectivity index (χ4v) is 4.54. The fourth-order valence-electron chi connectivity index (χ4n) is 4.54. The molecule has 3 rings (SSSR count). The maximum absolute atomic E-state index is 14.1. The van der Waals surface area contributed by atoms with Gasteiger partial charge in [0.25, 0.3) is 0 Å². The molecule has 1 fully saturated rings. The van der Waals surface area contributed by atoms with E-state index in [9.17, 15) is 4.79 Å². The third kappa shape index (κ3) is 9.36. The number of nitrogens with zero attached hydrogens (tertiary/aromatic N) is 1. The molecule has 0 spiro atoms. The highest BCUT2D eigenvalue weighted by Crippen LogP contribution is 2.38. The summed E-state index contributed by atoms with van der Waals surface area (Å²) < 4.78 is 29.4. The van der Waals surface area contributed by atoms with Crippen LogP contribution < -0.4 is 0 Å². The van der Waals surface area contributed by atoms with E-state index < -0.39 is 28.3 Å². The van der Waals surface area contributed by atoms with Crippen LogP contribution >= 0.6 is 0 Å². The Morgan fingerprint density at radius 1 is 0.857 bits per heavy atom. The van der Waals surface area contributed by atoms with Crippen molar-refractivity contribution in [1.29, 1.82) is 0 Å². The highest BCUT2D eigenvalue weighted by atomic mass is 16.7. The van der Waals surface area contributed by atoms with Crippen LogP contribution in [0.25, 0.3) is 0 Å². The van der Waals surface area contributed by atoms with Crippen molar-refractivity contribution >= 4 is 18.8 Å². The molecule has 1 saturated heterocycles. The van der Waals surface area contributed by atoms with Crippen molar-refractivity contribution in [3.63, 3.8) is 0 Å². The van der Waals surface area contributed by atoms with E-state index in [1.807, 2.05) is 121 Å². The molecule has 0 saturated carbocycles. The molecular weight excluding hydrogens is 529 g/mol. The lowest BCUT2D eigenvalue weighted by Gasteiger charge is -2.32. The summed E-state index contributed by atoms with van der Waals surface area (Å²) in [5, 5.41) is 0. The van der Waals surface area contributed by atoms with Crippen molar-refractivity contribution in [1.82, 2.24) is 0 Å². The van der Waals surface area contributed by atoms with Crippen molar-refractivity contribution in [2.75, 3.05) is 26.9 Å². The van der Waals surface area contributed by atoms with Gasteiger partial charge in [-0.25, -0.2) is 4.79 Å². The highest BCUT2D eigenvalue weighted by Gasteiger charge is 2.50. The second-order valence-corrected chi connectivity index (χ2v) is 12.7. The first-order valence-electron chi connectivity index (χ1n) is 14.8. The number of allylic oxidation sites excluding steroid dienone is 1. The Morgan fingerprint density at radius 2 is 1.40 bits per heavy atom. The van der Waals surface area contributed by atoms with Crippen LogP contribution in [0.2, 0.25) is 6.32 Å². The predicted octanol–water partition coefficient (Wildman–Crippen LogP) is 6.70. The van der Waals surface area contributed by atoms with E-state index in [0.717, 1.165) is 16.8 Å². The molecule has 2 aromatic rings. The minimum Gasteiger partial charge on any atom is -0.458 e. The van der Waals surface area contributed by atoms with Gasteiger partial charge in [-0.1, -0.05) is 72.8 Å². The summed E-state index contributed by atoms with van der Waals surface area (Å²) in [7, 11) is 1.27. The molecule has 0 bridgehead atoms. The van der Waals surface area contributed by atoms with E-state index in [1.165, 1.54) is 0 Å². The van der Waals surface area contributed by atoms with E-state index in [0.29, 0.717) is 39.0 Å². The number of rotatable bonds is 14. The van der Waals surface area contributed by atoms with Gasteiger partial charge in [-0.2, -0.15) is 0 Å². The Hall–Kier alpha value is -2.78. The molecule has 1 aliphatic rings. The van der Waals surface area contributed by atoms with Crippen LogP contribution in [-0.4, -0.2) is 68.1 Å². The summed E-state index contributed by atoms with van der Waals surface area (Å²) in [6, 6.07) is 19.9. The molecule has 228 valence electrons. The Morgan fingerprint density at radius 3 is 1.90 bits per heavy atom. The smallest absolute Gasteiger partial charge is 0.458 e. The quantitative estimate of drug-likeness (QED) is 0.0818. The van der Waals surface area contributed by atoms with Crippen LogP contribution in [0.15, 0.2) is 77.8 Å². The molecule has 0 amide bonds. The Bertz CT molecular complexity index is 1130. The number of hydrogen-bond donors (Lipinski definition) is 0. The van der Waals surface area contributed by atoms with E-state index in [2.05, 4.69) is 0 Å². The lowest BCUT2D eigenvalue weighted by Crippen LogP contribution is -2.44. The average Bonchev–Trinajstić information content (AvgIpc) is 3.14. The van der Waals surface area contributed by atoms with Crippen molar-refractivity contribution in [3.05, 3.63) is 83.9 Å². The summed E-state index contributed by atoms with van der Waals surface area (Å²) in [5.74, 6) is -0.394. The van der Waals surface area contributed by atoms with Crippen molar-refractivity contribution < 1.29 is 28.3 Å². The number of hydrogen-bond acceptors (Lipinski definition) is 7. The predicted molar refractivity (Wildman–Crippen MR) is 169 cm³/mol. The molecule has 0 radical (unpaired) electrons. The van der Waals surface area contributed by atoms with E-state index in [1.54, 1.807) is 7.11 Å². The molecular formula is C34H48BNO6. The minimum absolute atomic E-state index is 0.314. The van der Waals surface area contributed by atoms with Gasteiger partial charge in [-0.3, -0.25) is 4.99 Å². The Kier molecular flexibility index (Phi) is 11.7. The summed E-state index contributed by atoms with van der Waals surface area (Å²) in [5.41, 5.74) is -0.199. The summed E-state index contributed by atoms with van der Waals surface area (Å²) in [6.45, 7) is 15.0. The molecule has 0 N–H and O–H groups in total. The van der Waals surface area contributed by atoms with Gasteiger partial charge in [0.2, 0.25) is 0 Å². The lowest BCUT2D eigenvalue weighted by molar-refractivity contribution is -0.162. The molecule has 2 aromatic carbocycles. The van der Waals surface area contributed by atoms with Crippen LogP contribution in [0.5, 0.6) is 0 Å². The molecule has 7 nitrogen and oxygen atoms in total. The van der Waals surface area contributed by atoms with Crippen LogP contribution in [0.3, 0.4) is 0 Å². The largest absolute Gasteiger partial charge is 0.461 e. The van der Waals surface area contributed by atoms with Crippen LogP contribution in [0.1, 0.15) is 72.4 Å². The molecule has 0 aromatic heterocycles. The highest BCUT2D eigenvalue weighted by molar-refractivity contribution is 6.46. The Labute approximate surface area is 252 Å². The third-order valence-electron chi connectivity index (χ3n) is 7.54.